The molecule has 0 aromatic heterocycles. The van der Waals surface area contributed by atoms with Crippen LogP contribution in [0.1, 0.15) is 37.2 Å². The Bertz CT molecular complexity index is 615. The maximum Gasteiger partial charge on any atom is 0.226 e. The minimum Gasteiger partial charge on any atom is -0.391 e. The molecule has 1 amide bonds. The minimum atomic E-state index is -0.227. The third kappa shape index (κ3) is 3.07. The third-order valence-corrected chi connectivity index (χ3v) is 5.92. The molecule has 3 fully saturated rings. The fraction of sp³-hybridized carbons (Fsp3) is 0.632. The lowest BCUT2D eigenvalue weighted by molar-refractivity contribution is -0.135. The molecule has 0 radical (unpaired) electrons. The van der Waals surface area contributed by atoms with E-state index >= 15 is 0 Å². The van der Waals surface area contributed by atoms with Gasteiger partial charge in [-0.05, 0) is 49.3 Å². The molecule has 2 aliphatic carbocycles. The van der Waals surface area contributed by atoms with Gasteiger partial charge in [-0.1, -0.05) is 12.1 Å². The van der Waals surface area contributed by atoms with Crippen molar-refractivity contribution in [3.05, 3.63) is 35.6 Å². The number of halogens is 1. The van der Waals surface area contributed by atoms with Gasteiger partial charge in [0.1, 0.15) is 5.82 Å². The quantitative estimate of drug-likeness (QED) is 0.921. The fourth-order valence-electron chi connectivity index (χ4n) is 4.43. The standard InChI is InChI=1S/C19H25FN2O2/c20-14-4-1-3-13(11-14)15-12-16(15)19(24)22-9-7-21(8-10-22)17-5-2-6-18(17)23/h1,3-4,11,15-18,23H,2,5-10,12H2/t15-,16-,17+,18+/m1/s1. The molecule has 1 aromatic rings. The summed E-state index contributed by atoms with van der Waals surface area (Å²) in [5.74, 6) is 0.198. The molecule has 0 spiro atoms. The third-order valence-electron chi connectivity index (χ3n) is 5.92. The Balaban J connectivity index is 1.31. The van der Waals surface area contributed by atoms with Gasteiger partial charge in [-0.2, -0.15) is 0 Å². The zero-order chi connectivity index (χ0) is 16.7. The number of amides is 1. The smallest absolute Gasteiger partial charge is 0.226 e. The number of rotatable bonds is 3. The maximum atomic E-state index is 13.3. The largest absolute Gasteiger partial charge is 0.391 e. The van der Waals surface area contributed by atoms with Crippen LogP contribution in [0, 0.1) is 11.7 Å². The lowest BCUT2D eigenvalue weighted by Crippen LogP contribution is -2.54. The highest BCUT2D eigenvalue weighted by molar-refractivity contribution is 5.83. The van der Waals surface area contributed by atoms with Gasteiger partial charge in [0.15, 0.2) is 0 Å². The van der Waals surface area contributed by atoms with E-state index in [0.717, 1.165) is 57.4 Å². The van der Waals surface area contributed by atoms with E-state index in [9.17, 15) is 14.3 Å². The van der Waals surface area contributed by atoms with Crippen molar-refractivity contribution < 1.29 is 14.3 Å². The lowest BCUT2D eigenvalue weighted by atomic mass is 10.1. The van der Waals surface area contributed by atoms with Gasteiger partial charge in [0.25, 0.3) is 0 Å². The predicted octanol–water partition coefficient (Wildman–Crippen LogP) is 1.99. The van der Waals surface area contributed by atoms with Crippen LogP contribution in [0.2, 0.25) is 0 Å². The normalized spacial score (nSPS) is 33.7. The van der Waals surface area contributed by atoms with Gasteiger partial charge in [-0.25, -0.2) is 4.39 Å². The summed E-state index contributed by atoms with van der Waals surface area (Å²) >= 11 is 0. The number of aliphatic hydroxyl groups is 1. The van der Waals surface area contributed by atoms with Crippen LogP contribution >= 0.6 is 0 Å². The first kappa shape index (κ1) is 16.0. The van der Waals surface area contributed by atoms with Crippen LogP contribution in [-0.2, 0) is 4.79 Å². The van der Waals surface area contributed by atoms with Crippen LogP contribution in [0.25, 0.3) is 0 Å². The van der Waals surface area contributed by atoms with E-state index in [2.05, 4.69) is 4.90 Å². The molecule has 1 aliphatic heterocycles. The first-order valence-electron chi connectivity index (χ1n) is 9.10. The average molecular weight is 332 g/mol. The highest BCUT2D eigenvalue weighted by atomic mass is 19.1. The molecule has 1 aromatic carbocycles. The van der Waals surface area contributed by atoms with Gasteiger partial charge < -0.3 is 10.0 Å². The summed E-state index contributed by atoms with van der Waals surface area (Å²) in [6.07, 6.45) is 3.71. The number of carbonyl (C=O) groups excluding carboxylic acids is 1. The monoisotopic (exact) mass is 332 g/mol. The molecule has 0 bridgehead atoms. The second kappa shape index (κ2) is 6.45. The van der Waals surface area contributed by atoms with Crippen molar-refractivity contribution in [1.29, 1.82) is 0 Å². The van der Waals surface area contributed by atoms with Crippen molar-refractivity contribution in [2.45, 2.75) is 43.7 Å². The Labute approximate surface area is 142 Å². The summed E-state index contributed by atoms with van der Waals surface area (Å²) in [6.45, 7) is 3.19. The lowest BCUT2D eigenvalue weighted by Gasteiger charge is -2.39. The second-order valence-corrected chi connectivity index (χ2v) is 7.43. The first-order chi connectivity index (χ1) is 11.6. The van der Waals surface area contributed by atoms with Crippen molar-refractivity contribution in [2.75, 3.05) is 26.2 Å². The van der Waals surface area contributed by atoms with E-state index in [1.807, 2.05) is 11.0 Å². The van der Waals surface area contributed by atoms with Gasteiger partial charge in [-0.15, -0.1) is 0 Å². The van der Waals surface area contributed by atoms with Crippen molar-refractivity contribution in [1.82, 2.24) is 9.80 Å². The molecule has 0 unspecified atom stereocenters. The minimum absolute atomic E-state index is 0.0235. The van der Waals surface area contributed by atoms with E-state index < -0.39 is 0 Å². The van der Waals surface area contributed by atoms with E-state index in [4.69, 9.17) is 0 Å². The molecule has 3 aliphatic rings. The number of benzene rings is 1. The average Bonchev–Trinajstić information content (AvgIpc) is 3.29. The van der Waals surface area contributed by atoms with E-state index in [1.54, 1.807) is 12.1 Å². The molecule has 1 heterocycles. The summed E-state index contributed by atoms with van der Waals surface area (Å²) < 4.78 is 13.3. The van der Waals surface area contributed by atoms with Crippen LogP contribution in [0.5, 0.6) is 0 Å². The molecule has 1 N–H and O–H groups in total. The second-order valence-electron chi connectivity index (χ2n) is 7.43. The highest BCUT2D eigenvalue weighted by Gasteiger charge is 2.46. The molecule has 5 heteroatoms. The number of aliphatic hydroxyl groups excluding tert-OH is 1. The number of nitrogens with zero attached hydrogens (tertiary/aromatic N) is 2. The van der Waals surface area contributed by atoms with Crippen LogP contribution in [0.3, 0.4) is 0 Å². The van der Waals surface area contributed by atoms with Gasteiger partial charge in [-0.3, -0.25) is 9.69 Å². The summed E-state index contributed by atoms with van der Waals surface area (Å²) in [7, 11) is 0. The summed E-state index contributed by atoms with van der Waals surface area (Å²) in [6, 6.07) is 6.91. The van der Waals surface area contributed by atoms with Gasteiger partial charge in [0.05, 0.1) is 6.10 Å². The SMILES string of the molecule is O=C([C@@H]1C[C@@H]1c1cccc(F)c1)N1CCN([C@H]2CCC[C@@H]2O)CC1. The van der Waals surface area contributed by atoms with Crippen LogP contribution in [0.4, 0.5) is 4.39 Å². The van der Waals surface area contributed by atoms with Crippen LogP contribution in [0.15, 0.2) is 24.3 Å². The summed E-state index contributed by atoms with van der Waals surface area (Å²) in [5, 5.41) is 10.0. The number of carbonyl (C=O) groups is 1. The van der Waals surface area contributed by atoms with Crippen molar-refractivity contribution in [3.8, 4) is 0 Å². The van der Waals surface area contributed by atoms with Crippen molar-refractivity contribution >= 4 is 5.91 Å². The molecule has 4 nitrogen and oxygen atoms in total. The Morgan fingerprint density at radius 3 is 2.62 bits per heavy atom. The maximum absolute atomic E-state index is 13.3. The fourth-order valence-corrected chi connectivity index (χ4v) is 4.43. The van der Waals surface area contributed by atoms with Crippen LogP contribution in [-0.4, -0.2) is 59.1 Å². The molecule has 2 saturated carbocycles. The van der Waals surface area contributed by atoms with E-state index in [-0.39, 0.29) is 35.7 Å². The van der Waals surface area contributed by atoms with Crippen molar-refractivity contribution in [2.24, 2.45) is 5.92 Å². The first-order valence-corrected chi connectivity index (χ1v) is 9.10. The topological polar surface area (TPSA) is 43.8 Å². The Morgan fingerprint density at radius 2 is 1.96 bits per heavy atom. The molecular formula is C19H25FN2O2. The van der Waals surface area contributed by atoms with E-state index in [1.165, 1.54) is 6.07 Å². The highest BCUT2D eigenvalue weighted by Crippen LogP contribution is 2.48. The van der Waals surface area contributed by atoms with Gasteiger partial charge in [0.2, 0.25) is 5.91 Å². The molecule has 4 rings (SSSR count). The van der Waals surface area contributed by atoms with Crippen molar-refractivity contribution in [3.63, 3.8) is 0 Å². The van der Waals surface area contributed by atoms with Gasteiger partial charge >= 0.3 is 0 Å². The zero-order valence-corrected chi connectivity index (χ0v) is 13.9. The molecule has 1 saturated heterocycles. The summed E-state index contributed by atoms with van der Waals surface area (Å²) in [4.78, 5) is 17.0. The number of hydrogen-bond donors (Lipinski definition) is 1. The zero-order valence-electron chi connectivity index (χ0n) is 13.9. The van der Waals surface area contributed by atoms with Crippen LogP contribution < -0.4 is 0 Å². The Hall–Kier alpha value is -1.46. The Morgan fingerprint density at radius 1 is 1.17 bits per heavy atom. The molecule has 24 heavy (non-hydrogen) atoms. The van der Waals surface area contributed by atoms with Gasteiger partial charge in [0, 0.05) is 38.1 Å². The molecule has 4 atom stereocenters. The Kier molecular flexibility index (Phi) is 4.31. The molecular weight excluding hydrogens is 307 g/mol. The predicted molar refractivity (Wildman–Crippen MR) is 89.0 cm³/mol. The number of hydrogen-bond acceptors (Lipinski definition) is 3. The number of piperazine rings is 1. The van der Waals surface area contributed by atoms with E-state index in [0.29, 0.717) is 0 Å². The molecule has 130 valence electrons. The summed E-state index contributed by atoms with van der Waals surface area (Å²) in [5.41, 5.74) is 0.945.